The van der Waals surface area contributed by atoms with Crippen LogP contribution in [0.3, 0.4) is 0 Å². The number of hydrogen-bond donors (Lipinski definition) is 1. The summed E-state index contributed by atoms with van der Waals surface area (Å²) >= 11 is 1.27. The maximum absolute atomic E-state index is 13.8. The third-order valence-corrected chi connectivity index (χ3v) is 6.51. The van der Waals surface area contributed by atoms with E-state index in [1.807, 2.05) is 27.9 Å². The first-order chi connectivity index (χ1) is 13.6. The lowest BCUT2D eigenvalue weighted by atomic mass is 9.87. The highest BCUT2D eigenvalue weighted by Gasteiger charge is 2.51. The summed E-state index contributed by atoms with van der Waals surface area (Å²) in [7, 11) is 5.19. The van der Waals surface area contributed by atoms with Crippen LogP contribution in [0.15, 0.2) is 28.5 Å². The summed E-state index contributed by atoms with van der Waals surface area (Å²) in [5, 5.41) is 11.1. The molecule has 0 bridgehead atoms. The van der Waals surface area contributed by atoms with Crippen molar-refractivity contribution in [2.24, 2.45) is 10.9 Å². The maximum Gasteiger partial charge on any atom is 0.394 e. The van der Waals surface area contributed by atoms with Crippen molar-refractivity contribution in [2.45, 2.75) is 69.4 Å². The summed E-state index contributed by atoms with van der Waals surface area (Å²) < 4.78 is 52.4. The summed E-state index contributed by atoms with van der Waals surface area (Å²) in [5.74, 6) is -0.862. The van der Waals surface area contributed by atoms with E-state index in [4.69, 9.17) is 9.47 Å². The minimum Gasteiger partial charge on any atom is -0.501 e. The number of nitrogens with zero attached hydrogens (tertiary/aromatic N) is 2. The molecule has 5 nitrogen and oxygen atoms in total. The van der Waals surface area contributed by atoms with E-state index < -0.39 is 35.8 Å². The van der Waals surface area contributed by atoms with Gasteiger partial charge >= 0.3 is 6.18 Å². The molecule has 0 aromatic rings. The molecule has 0 spiro atoms. The van der Waals surface area contributed by atoms with E-state index in [1.165, 1.54) is 11.8 Å². The third kappa shape index (κ3) is 6.39. The Balaban J connectivity index is 2.06. The maximum atomic E-state index is 13.8. The molecule has 0 amide bonds. The lowest BCUT2D eigenvalue weighted by Crippen LogP contribution is -2.49. The highest BCUT2D eigenvalue weighted by molar-refractivity contribution is 8.14. The second-order valence-corrected chi connectivity index (χ2v) is 8.72. The van der Waals surface area contributed by atoms with Crippen LogP contribution in [0.5, 0.6) is 0 Å². The SMILES string of the molecule is CCC(=CC=C(C)CCC(C1CC(O)C2N=C(N(C)C)SC2O1)C(F)(F)F)OC. The Morgan fingerprint density at radius 1 is 1.41 bits per heavy atom. The monoisotopic (exact) mass is 436 g/mol. The summed E-state index contributed by atoms with van der Waals surface area (Å²) in [5.41, 5.74) is 0.254. The Morgan fingerprint density at radius 2 is 2.10 bits per heavy atom. The Bertz CT molecular complexity index is 643. The van der Waals surface area contributed by atoms with E-state index in [9.17, 15) is 18.3 Å². The normalized spacial score (nSPS) is 29.3. The number of allylic oxidation sites excluding steroid dienone is 4. The zero-order chi connectivity index (χ0) is 21.8. The molecule has 29 heavy (non-hydrogen) atoms. The van der Waals surface area contributed by atoms with Gasteiger partial charge in [-0.15, -0.1) is 0 Å². The number of thioether (sulfide) groups is 1. The third-order valence-electron chi connectivity index (χ3n) is 5.20. The Morgan fingerprint density at radius 3 is 2.66 bits per heavy atom. The number of fused-ring (bicyclic) bond motifs is 1. The van der Waals surface area contributed by atoms with Gasteiger partial charge < -0.3 is 19.5 Å². The lowest BCUT2D eigenvalue weighted by molar-refractivity contribution is -0.224. The van der Waals surface area contributed by atoms with Crippen molar-refractivity contribution < 1.29 is 27.8 Å². The van der Waals surface area contributed by atoms with Crippen molar-refractivity contribution >= 4 is 16.9 Å². The van der Waals surface area contributed by atoms with Crippen LogP contribution in [0.1, 0.15) is 39.5 Å². The highest BCUT2D eigenvalue weighted by atomic mass is 32.2. The standard InChI is InChI=1S/C20H31F3N2O3S/c1-6-13(27-5)9-7-12(2)8-10-14(20(21,22)23)16-11-15(26)17-18(28-16)29-19(24-17)25(3)4/h7,9,14-18,26H,6,8,10-11H2,1-5H3. The van der Waals surface area contributed by atoms with E-state index in [1.54, 1.807) is 24.2 Å². The second-order valence-electron chi connectivity index (χ2n) is 7.65. The van der Waals surface area contributed by atoms with Gasteiger partial charge in [0.05, 0.1) is 31.0 Å². The molecule has 1 N–H and O–H groups in total. The Kier molecular flexibility index (Phi) is 8.48. The number of ether oxygens (including phenoxy) is 2. The van der Waals surface area contributed by atoms with Gasteiger partial charge in [-0.25, -0.2) is 0 Å². The molecule has 0 aromatic carbocycles. The molecule has 166 valence electrons. The van der Waals surface area contributed by atoms with E-state index in [0.717, 1.165) is 17.8 Å². The van der Waals surface area contributed by atoms with Gasteiger partial charge in [0.2, 0.25) is 0 Å². The van der Waals surface area contributed by atoms with Crippen LogP contribution in [-0.4, -0.2) is 66.2 Å². The minimum atomic E-state index is -4.40. The summed E-state index contributed by atoms with van der Waals surface area (Å²) in [6, 6.07) is -0.518. The van der Waals surface area contributed by atoms with Crippen molar-refractivity contribution in [2.75, 3.05) is 21.2 Å². The summed E-state index contributed by atoms with van der Waals surface area (Å²) in [6.07, 6.45) is -1.98. The number of aliphatic hydroxyl groups is 1. The lowest BCUT2D eigenvalue weighted by Gasteiger charge is -2.38. The van der Waals surface area contributed by atoms with Crippen molar-refractivity contribution in [1.82, 2.24) is 4.90 Å². The molecule has 2 aliphatic heterocycles. The van der Waals surface area contributed by atoms with Crippen LogP contribution < -0.4 is 0 Å². The molecule has 0 aromatic heterocycles. The molecular formula is C20H31F3N2O3S. The molecule has 0 aliphatic carbocycles. The molecule has 9 heteroatoms. The first kappa shape index (κ1) is 24.1. The van der Waals surface area contributed by atoms with Gasteiger partial charge in [-0.05, 0) is 25.8 Å². The molecule has 5 unspecified atom stereocenters. The van der Waals surface area contributed by atoms with Crippen molar-refractivity contribution in [3.63, 3.8) is 0 Å². The first-order valence-corrected chi connectivity index (χ1v) is 10.7. The van der Waals surface area contributed by atoms with Gasteiger partial charge in [0.25, 0.3) is 0 Å². The fourth-order valence-corrected chi connectivity index (χ4v) is 4.63. The van der Waals surface area contributed by atoms with Crippen molar-refractivity contribution in [3.05, 3.63) is 23.5 Å². The van der Waals surface area contributed by atoms with Crippen LogP contribution >= 0.6 is 11.8 Å². The topological polar surface area (TPSA) is 54.3 Å². The van der Waals surface area contributed by atoms with E-state index in [0.29, 0.717) is 5.17 Å². The number of alkyl halides is 3. The average molecular weight is 437 g/mol. The highest BCUT2D eigenvalue weighted by Crippen LogP contribution is 2.43. The van der Waals surface area contributed by atoms with Crippen LogP contribution in [0.25, 0.3) is 0 Å². The Labute approximate surface area is 175 Å². The number of rotatable bonds is 7. The van der Waals surface area contributed by atoms with Crippen LogP contribution in [0.4, 0.5) is 13.2 Å². The number of aliphatic hydroxyl groups excluding tert-OH is 1. The van der Waals surface area contributed by atoms with Crippen molar-refractivity contribution in [3.8, 4) is 0 Å². The van der Waals surface area contributed by atoms with E-state index in [2.05, 4.69) is 4.99 Å². The molecule has 1 saturated heterocycles. The first-order valence-electron chi connectivity index (χ1n) is 9.79. The summed E-state index contributed by atoms with van der Waals surface area (Å²) in [4.78, 5) is 6.18. The molecule has 2 heterocycles. The number of hydrogen-bond acceptors (Lipinski definition) is 6. The molecule has 1 fully saturated rings. The largest absolute Gasteiger partial charge is 0.501 e. The number of halogens is 3. The van der Waals surface area contributed by atoms with Gasteiger partial charge in [-0.3, -0.25) is 4.99 Å². The predicted octanol–water partition coefficient (Wildman–Crippen LogP) is 4.34. The molecule has 5 atom stereocenters. The molecule has 2 rings (SSSR count). The molecule has 2 aliphatic rings. The minimum absolute atomic E-state index is 0.0670. The fraction of sp³-hybridized carbons (Fsp3) is 0.750. The van der Waals surface area contributed by atoms with Crippen LogP contribution in [0, 0.1) is 5.92 Å². The van der Waals surface area contributed by atoms with E-state index >= 15 is 0 Å². The number of aliphatic imine (C=N–C) groups is 1. The smallest absolute Gasteiger partial charge is 0.394 e. The quantitative estimate of drug-likeness (QED) is 0.475. The van der Waals surface area contributed by atoms with E-state index in [-0.39, 0.29) is 19.3 Å². The fourth-order valence-electron chi connectivity index (χ4n) is 3.45. The molecule has 0 radical (unpaired) electrons. The zero-order valence-corrected chi connectivity index (χ0v) is 18.4. The predicted molar refractivity (Wildman–Crippen MR) is 110 cm³/mol. The van der Waals surface area contributed by atoms with Gasteiger partial charge in [-0.1, -0.05) is 30.3 Å². The molecule has 0 saturated carbocycles. The Hall–Kier alpha value is -1.19. The van der Waals surface area contributed by atoms with Gasteiger partial charge in [0, 0.05) is 26.9 Å². The van der Waals surface area contributed by atoms with Crippen LogP contribution in [-0.2, 0) is 9.47 Å². The van der Waals surface area contributed by atoms with Crippen LogP contribution in [0.2, 0.25) is 0 Å². The average Bonchev–Trinajstić information content (AvgIpc) is 3.07. The van der Waals surface area contributed by atoms with Crippen molar-refractivity contribution in [1.29, 1.82) is 0 Å². The number of methoxy groups -OCH3 is 1. The zero-order valence-electron chi connectivity index (χ0n) is 17.6. The van der Waals surface area contributed by atoms with Gasteiger partial charge in [0.1, 0.15) is 11.5 Å². The second kappa shape index (κ2) is 10.2. The molecular weight excluding hydrogens is 405 g/mol. The number of amidine groups is 1. The van der Waals surface area contributed by atoms with Gasteiger partial charge in [0.15, 0.2) is 5.17 Å². The van der Waals surface area contributed by atoms with Gasteiger partial charge in [-0.2, -0.15) is 13.2 Å². The summed E-state index contributed by atoms with van der Waals surface area (Å²) in [6.45, 7) is 3.76.